The smallest absolute Gasteiger partial charge is 0.224 e. The average molecular weight is 356 g/mol. The van der Waals surface area contributed by atoms with Crippen molar-refractivity contribution >= 4 is 17.5 Å². The van der Waals surface area contributed by atoms with Crippen LogP contribution in [0.2, 0.25) is 0 Å². The molecule has 0 aliphatic carbocycles. The Bertz CT molecular complexity index is 746. The van der Waals surface area contributed by atoms with E-state index >= 15 is 0 Å². The van der Waals surface area contributed by atoms with Crippen molar-refractivity contribution in [2.24, 2.45) is 5.73 Å². The lowest BCUT2D eigenvalue weighted by Gasteiger charge is -2.12. The summed E-state index contributed by atoms with van der Waals surface area (Å²) in [6, 6.07) is 14.9. The van der Waals surface area contributed by atoms with Crippen molar-refractivity contribution in [3.8, 4) is 11.5 Å². The number of anilines is 1. The van der Waals surface area contributed by atoms with Gasteiger partial charge in [0.25, 0.3) is 0 Å². The molecule has 6 nitrogen and oxygen atoms in total. The van der Waals surface area contributed by atoms with Crippen molar-refractivity contribution in [2.45, 2.75) is 26.2 Å². The van der Waals surface area contributed by atoms with Crippen molar-refractivity contribution in [1.82, 2.24) is 0 Å². The van der Waals surface area contributed by atoms with Crippen LogP contribution in [0.15, 0.2) is 48.5 Å². The van der Waals surface area contributed by atoms with Crippen LogP contribution >= 0.6 is 0 Å². The van der Waals surface area contributed by atoms with Gasteiger partial charge in [-0.15, -0.1) is 0 Å². The summed E-state index contributed by atoms with van der Waals surface area (Å²) < 4.78 is 11.1. The molecule has 0 bridgehead atoms. The van der Waals surface area contributed by atoms with E-state index in [2.05, 4.69) is 5.32 Å². The van der Waals surface area contributed by atoms with Crippen molar-refractivity contribution in [3.05, 3.63) is 54.1 Å². The predicted molar refractivity (Wildman–Crippen MR) is 100 cm³/mol. The maximum Gasteiger partial charge on any atom is 0.224 e. The Balaban J connectivity index is 1.76. The van der Waals surface area contributed by atoms with Gasteiger partial charge in [0.2, 0.25) is 11.8 Å². The zero-order valence-corrected chi connectivity index (χ0v) is 14.9. The second kappa shape index (κ2) is 10.1. The lowest BCUT2D eigenvalue weighted by Crippen LogP contribution is -2.16. The van der Waals surface area contributed by atoms with E-state index in [1.54, 1.807) is 24.3 Å². The maximum absolute atomic E-state index is 12.1. The van der Waals surface area contributed by atoms with Crippen LogP contribution in [0.1, 0.15) is 24.8 Å². The molecule has 2 amide bonds. The summed E-state index contributed by atoms with van der Waals surface area (Å²) in [5.74, 6) is 0.764. The van der Waals surface area contributed by atoms with Crippen molar-refractivity contribution in [3.63, 3.8) is 0 Å². The third-order valence-electron chi connectivity index (χ3n) is 3.57. The van der Waals surface area contributed by atoms with E-state index in [0.717, 1.165) is 11.3 Å². The number of hydrogen-bond acceptors (Lipinski definition) is 4. The summed E-state index contributed by atoms with van der Waals surface area (Å²) >= 11 is 0. The fourth-order valence-electron chi connectivity index (χ4n) is 2.30. The summed E-state index contributed by atoms with van der Waals surface area (Å²) in [4.78, 5) is 22.9. The quantitative estimate of drug-likeness (QED) is 0.640. The lowest BCUT2D eigenvalue weighted by molar-refractivity contribution is -0.118. The van der Waals surface area contributed by atoms with Gasteiger partial charge in [0, 0.05) is 6.42 Å². The monoisotopic (exact) mass is 356 g/mol. The fraction of sp³-hybridized carbons (Fsp3) is 0.300. The van der Waals surface area contributed by atoms with Crippen LogP contribution < -0.4 is 20.5 Å². The number of para-hydroxylation sites is 2. The second-order valence-corrected chi connectivity index (χ2v) is 5.88. The highest BCUT2D eigenvalue weighted by Crippen LogP contribution is 2.24. The van der Waals surface area contributed by atoms with E-state index in [4.69, 9.17) is 15.2 Å². The van der Waals surface area contributed by atoms with E-state index in [1.165, 1.54) is 0 Å². The van der Waals surface area contributed by atoms with Crippen molar-refractivity contribution < 1.29 is 19.1 Å². The van der Waals surface area contributed by atoms with Gasteiger partial charge in [0.15, 0.2) is 0 Å². The van der Waals surface area contributed by atoms with Crippen molar-refractivity contribution in [1.29, 1.82) is 0 Å². The van der Waals surface area contributed by atoms with Crippen LogP contribution in [0, 0.1) is 6.92 Å². The van der Waals surface area contributed by atoms with Gasteiger partial charge >= 0.3 is 0 Å². The number of nitrogens with two attached hydrogens (primary N) is 1. The highest BCUT2D eigenvalue weighted by molar-refractivity contribution is 5.92. The minimum atomic E-state index is -0.430. The van der Waals surface area contributed by atoms with Crippen LogP contribution in [0.25, 0.3) is 0 Å². The molecule has 0 atom stereocenters. The number of ether oxygens (including phenoxy) is 2. The molecule has 0 aliphatic rings. The first-order valence-corrected chi connectivity index (χ1v) is 8.54. The first kappa shape index (κ1) is 19.3. The first-order valence-electron chi connectivity index (χ1n) is 8.54. The second-order valence-electron chi connectivity index (χ2n) is 5.88. The number of carbonyl (C=O) groups is 2. The van der Waals surface area contributed by atoms with Gasteiger partial charge < -0.3 is 20.5 Å². The van der Waals surface area contributed by atoms with Crippen molar-refractivity contribution in [2.75, 3.05) is 18.5 Å². The summed E-state index contributed by atoms with van der Waals surface area (Å²) in [7, 11) is 0. The molecule has 2 aromatic carbocycles. The Hall–Kier alpha value is -3.02. The molecule has 0 saturated heterocycles. The zero-order chi connectivity index (χ0) is 18.8. The Labute approximate surface area is 153 Å². The molecule has 26 heavy (non-hydrogen) atoms. The molecule has 0 aromatic heterocycles. The normalized spacial score (nSPS) is 10.2. The van der Waals surface area contributed by atoms with Gasteiger partial charge in [-0.2, -0.15) is 0 Å². The number of amides is 2. The van der Waals surface area contributed by atoms with Gasteiger partial charge in [0.05, 0.1) is 25.3 Å². The number of rotatable bonds is 10. The molecule has 0 radical (unpaired) electrons. The van der Waals surface area contributed by atoms with Crippen LogP contribution in [0.4, 0.5) is 5.69 Å². The zero-order valence-electron chi connectivity index (χ0n) is 14.9. The highest BCUT2D eigenvalue weighted by Gasteiger charge is 2.08. The number of benzene rings is 2. The first-order chi connectivity index (χ1) is 12.5. The Morgan fingerprint density at radius 2 is 1.81 bits per heavy atom. The standard InChI is InChI=1S/C20H24N2O4/c1-15-6-4-7-16(14-15)25-12-5-10-20(24)22-17-8-2-3-9-18(17)26-13-11-19(21)23/h2-4,6-9,14H,5,10-13H2,1H3,(H2,21,23)(H,22,24). The molecule has 0 aliphatic heterocycles. The number of aryl methyl sites for hydroxylation is 1. The minimum absolute atomic E-state index is 0.121. The highest BCUT2D eigenvalue weighted by atomic mass is 16.5. The predicted octanol–water partition coefficient (Wildman–Crippen LogP) is 3.05. The minimum Gasteiger partial charge on any atom is -0.494 e. The molecular weight excluding hydrogens is 332 g/mol. The van der Waals surface area contributed by atoms with E-state index in [-0.39, 0.29) is 18.9 Å². The van der Waals surface area contributed by atoms with E-state index in [9.17, 15) is 9.59 Å². The number of hydrogen-bond donors (Lipinski definition) is 2. The molecular formula is C20H24N2O4. The molecule has 0 saturated carbocycles. The van der Waals surface area contributed by atoms with Gasteiger partial charge in [0.1, 0.15) is 11.5 Å². The van der Waals surface area contributed by atoms with Gasteiger partial charge in [-0.3, -0.25) is 9.59 Å². The number of carbonyl (C=O) groups excluding carboxylic acids is 2. The Morgan fingerprint density at radius 1 is 1.00 bits per heavy atom. The molecule has 2 aromatic rings. The number of primary amides is 1. The van der Waals surface area contributed by atoms with Gasteiger partial charge in [-0.1, -0.05) is 24.3 Å². The lowest BCUT2D eigenvalue weighted by atomic mass is 10.2. The van der Waals surface area contributed by atoms with Gasteiger partial charge in [-0.05, 0) is 43.2 Å². The summed E-state index contributed by atoms with van der Waals surface area (Å²) in [6.07, 6.45) is 1.06. The van der Waals surface area contributed by atoms with Crippen LogP contribution in [-0.4, -0.2) is 25.0 Å². The molecule has 0 fully saturated rings. The largest absolute Gasteiger partial charge is 0.494 e. The Kier molecular flexibility index (Phi) is 7.49. The molecule has 6 heteroatoms. The summed E-state index contributed by atoms with van der Waals surface area (Å²) in [5.41, 5.74) is 6.80. The molecule has 3 N–H and O–H groups in total. The SMILES string of the molecule is Cc1cccc(OCCCC(=O)Nc2ccccc2OCCC(N)=O)c1. The molecule has 2 rings (SSSR count). The average Bonchev–Trinajstić information content (AvgIpc) is 2.60. The van der Waals surface area contributed by atoms with Crippen LogP contribution in [0.5, 0.6) is 11.5 Å². The van der Waals surface area contributed by atoms with Crippen LogP contribution in [-0.2, 0) is 9.59 Å². The molecule has 138 valence electrons. The third kappa shape index (κ3) is 6.84. The summed E-state index contributed by atoms with van der Waals surface area (Å²) in [5, 5.41) is 2.82. The Morgan fingerprint density at radius 3 is 2.58 bits per heavy atom. The van der Waals surface area contributed by atoms with Gasteiger partial charge in [-0.25, -0.2) is 0 Å². The third-order valence-corrected chi connectivity index (χ3v) is 3.57. The van der Waals surface area contributed by atoms with E-state index in [0.29, 0.717) is 30.9 Å². The topological polar surface area (TPSA) is 90.7 Å². The molecule has 0 spiro atoms. The maximum atomic E-state index is 12.1. The molecule has 0 heterocycles. The fourth-order valence-corrected chi connectivity index (χ4v) is 2.30. The summed E-state index contributed by atoms with van der Waals surface area (Å²) in [6.45, 7) is 2.64. The van der Waals surface area contributed by atoms with Crippen LogP contribution in [0.3, 0.4) is 0 Å². The number of nitrogens with one attached hydrogen (secondary N) is 1. The van der Waals surface area contributed by atoms with E-state index in [1.807, 2.05) is 31.2 Å². The molecule has 0 unspecified atom stereocenters. The van der Waals surface area contributed by atoms with E-state index < -0.39 is 5.91 Å².